The van der Waals surface area contributed by atoms with Crippen molar-refractivity contribution in [1.29, 1.82) is 0 Å². The van der Waals surface area contributed by atoms with Gasteiger partial charge in [0.2, 0.25) is 0 Å². The molecule has 0 aromatic carbocycles. The van der Waals surface area contributed by atoms with Crippen molar-refractivity contribution in [2.75, 3.05) is 0 Å². The van der Waals surface area contributed by atoms with E-state index in [-0.39, 0.29) is 18.3 Å². The molecule has 0 unspecified atom stereocenters. The van der Waals surface area contributed by atoms with Crippen LogP contribution in [0, 0.1) is 0 Å². The molecule has 0 aliphatic carbocycles. The normalized spacial score (nSPS) is 13.3. The van der Waals surface area contributed by atoms with Crippen molar-refractivity contribution in [1.82, 2.24) is 0 Å². The van der Waals surface area contributed by atoms with E-state index in [1.807, 2.05) is 41.5 Å². The summed E-state index contributed by atoms with van der Waals surface area (Å²) in [5, 5.41) is 0. The van der Waals surface area contributed by atoms with E-state index < -0.39 is 15.4 Å². The SMILES string of the molecule is CC(C)[O][V]([OH])([O]C(C)C)[O]C(C)C. The summed E-state index contributed by atoms with van der Waals surface area (Å²) >= 11 is -3.80. The molecular weight excluding hydrogens is 223 g/mol. The summed E-state index contributed by atoms with van der Waals surface area (Å²) in [6.07, 6.45) is -0.278. The Kier molecular flexibility index (Phi) is 6.29. The molecule has 0 aromatic rings. The van der Waals surface area contributed by atoms with Crippen LogP contribution in [0.3, 0.4) is 0 Å². The summed E-state index contributed by atoms with van der Waals surface area (Å²) in [5.74, 6) is 0. The molecule has 0 radical (unpaired) electrons. The predicted molar refractivity (Wildman–Crippen MR) is 50.9 cm³/mol. The zero-order chi connectivity index (χ0) is 11.4. The van der Waals surface area contributed by atoms with E-state index in [0.717, 1.165) is 0 Å². The Balaban J connectivity index is 4.32. The second-order valence-electron chi connectivity index (χ2n) is 3.93. The van der Waals surface area contributed by atoms with Crippen LogP contribution in [0.4, 0.5) is 0 Å². The fourth-order valence-corrected chi connectivity index (χ4v) is 3.60. The van der Waals surface area contributed by atoms with Gasteiger partial charge in [-0.3, -0.25) is 0 Å². The topological polar surface area (TPSA) is 47.9 Å². The molecule has 0 saturated carbocycles. The van der Waals surface area contributed by atoms with E-state index in [9.17, 15) is 4.03 Å². The molecule has 0 aliphatic rings. The van der Waals surface area contributed by atoms with Crippen molar-refractivity contribution >= 4 is 0 Å². The monoisotopic (exact) mass is 245 g/mol. The van der Waals surface area contributed by atoms with Crippen molar-refractivity contribution in [3.8, 4) is 0 Å². The molecular formula is C9H22O4V. The van der Waals surface area contributed by atoms with Crippen LogP contribution >= 0.6 is 0 Å². The van der Waals surface area contributed by atoms with Crippen molar-refractivity contribution in [3.05, 3.63) is 0 Å². The van der Waals surface area contributed by atoms with Crippen molar-refractivity contribution in [3.63, 3.8) is 0 Å². The molecule has 0 heterocycles. The molecule has 0 amide bonds. The van der Waals surface area contributed by atoms with E-state index in [1.54, 1.807) is 0 Å². The molecule has 0 aromatic heterocycles. The summed E-state index contributed by atoms with van der Waals surface area (Å²) in [4.78, 5) is 0. The molecule has 0 fully saturated rings. The predicted octanol–water partition coefficient (Wildman–Crippen LogP) is 2.07. The average Bonchev–Trinajstić information content (AvgIpc) is 1.76. The van der Waals surface area contributed by atoms with E-state index in [2.05, 4.69) is 0 Å². The molecule has 0 aliphatic heterocycles. The molecule has 0 spiro atoms. The van der Waals surface area contributed by atoms with Gasteiger partial charge in [0, 0.05) is 0 Å². The third kappa shape index (κ3) is 6.82. The molecule has 1 N–H and O–H groups in total. The van der Waals surface area contributed by atoms with Gasteiger partial charge in [-0.25, -0.2) is 0 Å². The summed E-state index contributed by atoms with van der Waals surface area (Å²) in [7, 11) is 0. The van der Waals surface area contributed by atoms with Crippen LogP contribution in [0.2, 0.25) is 0 Å². The van der Waals surface area contributed by atoms with E-state index in [0.29, 0.717) is 0 Å². The Morgan fingerprint density at radius 1 is 0.714 bits per heavy atom. The molecule has 5 heteroatoms. The van der Waals surface area contributed by atoms with E-state index in [1.165, 1.54) is 0 Å². The first-order valence-corrected chi connectivity index (χ1v) is 7.25. The van der Waals surface area contributed by atoms with Crippen LogP contribution in [0.25, 0.3) is 0 Å². The third-order valence-electron chi connectivity index (χ3n) is 1.03. The number of rotatable bonds is 6. The first kappa shape index (κ1) is 14.4. The van der Waals surface area contributed by atoms with Gasteiger partial charge in [0.1, 0.15) is 0 Å². The molecule has 14 heavy (non-hydrogen) atoms. The Hall–Kier alpha value is 0.424. The quantitative estimate of drug-likeness (QED) is 0.778. The van der Waals surface area contributed by atoms with Gasteiger partial charge in [-0.15, -0.1) is 0 Å². The first-order chi connectivity index (χ1) is 6.25. The second-order valence-corrected chi connectivity index (χ2v) is 6.38. The van der Waals surface area contributed by atoms with Gasteiger partial charge in [0.05, 0.1) is 0 Å². The number of hydrogen-bond donors (Lipinski definition) is 1. The Labute approximate surface area is 90.6 Å². The van der Waals surface area contributed by atoms with Crippen LogP contribution in [0.1, 0.15) is 41.5 Å². The maximum atomic E-state index is 10.0. The van der Waals surface area contributed by atoms with Gasteiger partial charge >= 0.3 is 90.3 Å². The van der Waals surface area contributed by atoms with E-state index >= 15 is 0 Å². The van der Waals surface area contributed by atoms with E-state index in [4.69, 9.17) is 11.0 Å². The van der Waals surface area contributed by atoms with Crippen molar-refractivity contribution in [2.24, 2.45) is 0 Å². The van der Waals surface area contributed by atoms with Crippen LogP contribution in [-0.2, 0) is 26.4 Å². The summed E-state index contributed by atoms with van der Waals surface area (Å²) < 4.78 is 26.1. The van der Waals surface area contributed by atoms with Gasteiger partial charge in [-0.2, -0.15) is 0 Å². The average molecular weight is 245 g/mol. The summed E-state index contributed by atoms with van der Waals surface area (Å²) in [5.41, 5.74) is 0. The fraction of sp³-hybridized carbons (Fsp3) is 1.00. The molecule has 0 rings (SSSR count). The molecule has 0 bridgehead atoms. The van der Waals surface area contributed by atoms with Gasteiger partial charge in [0.25, 0.3) is 0 Å². The van der Waals surface area contributed by atoms with Crippen molar-refractivity contribution < 1.29 is 30.4 Å². The first-order valence-electron chi connectivity index (χ1n) is 4.92. The van der Waals surface area contributed by atoms with Gasteiger partial charge in [-0.1, -0.05) is 0 Å². The Morgan fingerprint density at radius 2 is 0.929 bits per heavy atom. The standard InChI is InChI=1S/3C3H7O.H2O.V/c3*1-3(2)4;;/h3*3H,1-2H3;1H2;/q3*-1;;+4/p-1. The minimum absolute atomic E-state index is 0.0926. The fourth-order valence-electron chi connectivity index (χ4n) is 0.874. The van der Waals surface area contributed by atoms with Crippen LogP contribution in [-0.4, -0.2) is 22.3 Å². The summed E-state index contributed by atoms with van der Waals surface area (Å²) in [6, 6.07) is 0. The summed E-state index contributed by atoms with van der Waals surface area (Å²) in [6.45, 7) is 11.1. The van der Waals surface area contributed by atoms with Crippen LogP contribution in [0.5, 0.6) is 0 Å². The van der Waals surface area contributed by atoms with Gasteiger partial charge in [0.15, 0.2) is 0 Å². The third-order valence-corrected chi connectivity index (χ3v) is 4.26. The van der Waals surface area contributed by atoms with Crippen LogP contribution in [0.15, 0.2) is 0 Å². The Morgan fingerprint density at radius 3 is 1.07 bits per heavy atom. The maximum absolute atomic E-state index is 10.0. The minimum atomic E-state index is -3.80. The zero-order valence-electron chi connectivity index (χ0n) is 9.85. The van der Waals surface area contributed by atoms with Gasteiger partial charge in [-0.05, 0) is 0 Å². The molecule has 87 valence electrons. The van der Waals surface area contributed by atoms with Gasteiger partial charge < -0.3 is 0 Å². The molecule has 0 saturated heterocycles. The molecule has 0 atom stereocenters. The molecule has 4 nitrogen and oxygen atoms in total. The Bertz CT molecular complexity index is 132. The number of hydrogen-bond acceptors (Lipinski definition) is 4. The zero-order valence-corrected chi connectivity index (χ0v) is 11.2. The van der Waals surface area contributed by atoms with Crippen LogP contribution < -0.4 is 0 Å². The van der Waals surface area contributed by atoms with Crippen molar-refractivity contribution in [2.45, 2.75) is 59.9 Å². The second kappa shape index (κ2) is 6.10.